The molecule has 1 heterocycles. The van der Waals surface area contributed by atoms with Gasteiger partial charge in [0.2, 0.25) is 0 Å². The molecule has 3 heteroatoms. The van der Waals surface area contributed by atoms with Gasteiger partial charge >= 0.3 is 0 Å². The highest BCUT2D eigenvalue weighted by molar-refractivity contribution is 5.27. The molecule has 3 nitrogen and oxygen atoms in total. The second kappa shape index (κ2) is 4.48. The molecule has 0 N–H and O–H groups in total. The van der Waals surface area contributed by atoms with Gasteiger partial charge in [-0.05, 0) is 16.5 Å². The van der Waals surface area contributed by atoms with Crippen LogP contribution in [0.1, 0.15) is 31.9 Å². The van der Waals surface area contributed by atoms with Crippen LogP contribution in [0, 0.1) is 11.3 Å². The lowest BCUT2D eigenvalue weighted by Crippen LogP contribution is -2.11. The van der Waals surface area contributed by atoms with Crippen molar-refractivity contribution in [1.82, 2.24) is 5.06 Å². The number of rotatable bonds is 3. The molecule has 1 aliphatic rings. The van der Waals surface area contributed by atoms with Crippen LogP contribution in [0.25, 0.3) is 0 Å². The number of hydrogen-bond acceptors (Lipinski definition) is 3. The third-order valence-corrected chi connectivity index (χ3v) is 2.93. The average Bonchev–Trinajstić information content (AvgIpc) is 3.04. The van der Waals surface area contributed by atoms with E-state index in [1.54, 1.807) is 5.06 Å². The lowest BCUT2D eigenvalue weighted by Gasteiger charge is -2.19. The minimum absolute atomic E-state index is 0.0381. The van der Waals surface area contributed by atoms with Crippen molar-refractivity contribution in [2.24, 2.45) is 0 Å². The molecule has 1 fully saturated rings. The van der Waals surface area contributed by atoms with Crippen LogP contribution in [0.5, 0.6) is 0 Å². The summed E-state index contributed by atoms with van der Waals surface area (Å²) in [6.45, 7) is 7.88. The van der Waals surface area contributed by atoms with Gasteiger partial charge < -0.3 is 0 Å². The molecule has 0 spiro atoms. The lowest BCUT2D eigenvalue weighted by molar-refractivity contribution is -0.0826. The van der Waals surface area contributed by atoms with Gasteiger partial charge in [-0.25, -0.2) is 0 Å². The Balaban J connectivity index is 1.89. The number of nitriles is 1. The van der Waals surface area contributed by atoms with Crippen LogP contribution in [0.15, 0.2) is 24.3 Å². The van der Waals surface area contributed by atoms with Crippen molar-refractivity contribution in [3.05, 3.63) is 35.4 Å². The SMILES string of the molecule is CC(C)(C)c1ccc(CON2CC2C#N)cc1. The number of hydrogen-bond donors (Lipinski definition) is 0. The van der Waals surface area contributed by atoms with Crippen molar-refractivity contribution in [2.45, 2.75) is 38.8 Å². The molecule has 1 aromatic carbocycles. The lowest BCUT2D eigenvalue weighted by atomic mass is 9.87. The van der Waals surface area contributed by atoms with E-state index in [0.717, 1.165) is 12.1 Å². The van der Waals surface area contributed by atoms with Crippen molar-refractivity contribution < 1.29 is 4.84 Å². The van der Waals surface area contributed by atoms with Crippen molar-refractivity contribution in [3.8, 4) is 6.07 Å². The molecule has 2 atom stereocenters. The summed E-state index contributed by atoms with van der Waals surface area (Å²) in [5.41, 5.74) is 2.65. The minimum atomic E-state index is -0.0381. The molecule has 0 radical (unpaired) electrons. The van der Waals surface area contributed by atoms with Crippen molar-refractivity contribution in [1.29, 1.82) is 5.26 Å². The standard InChI is InChI=1S/C14H18N2O/c1-14(2,3)12-6-4-11(5-7-12)10-17-16-9-13(16)8-15/h4-7,13H,9-10H2,1-3H3. The molecule has 1 saturated heterocycles. The molecule has 1 aliphatic heterocycles. The summed E-state index contributed by atoms with van der Waals surface area (Å²) >= 11 is 0. The maximum absolute atomic E-state index is 8.63. The van der Waals surface area contributed by atoms with Crippen molar-refractivity contribution in [2.75, 3.05) is 6.54 Å². The Morgan fingerprint density at radius 2 is 2.00 bits per heavy atom. The van der Waals surface area contributed by atoms with Crippen LogP contribution in [0.4, 0.5) is 0 Å². The van der Waals surface area contributed by atoms with Crippen LogP contribution in [-0.2, 0) is 16.9 Å². The molecule has 1 aromatic rings. The Morgan fingerprint density at radius 3 is 2.47 bits per heavy atom. The summed E-state index contributed by atoms with van der Waals surface area (Å²) in [6.07, 6.45) is 0. The Bertz CT molecular complexity index is 425. The molecule has 2 rings (SSSR count). The van der Waals surface area contributed by atoms with Gasteiger partial charge in [0.15, 0.2) is 0 Å². The Morgan fingerprint density at radius 1 is 1.35 bits per heavy atom. The Hall–Kier alpha value is -1.37. The maximum Gasteiger partial charge on any atom is 0.137 e. The topological polar surface area (TPSA) is 36.0 Å². The maximum atomic E-state index is 8.63. The van der Waals surface area contributed by atoms with E-state index in [0.29, 0.717) is 6.61 Å². The number of benzene rings is 1. The predicted octanol–water partition coefficient (Wildman–Crippen LogP) is 2.62. The zero-order valence-corrected chi connectivity index (χ0v) is 10.6. The molecule has 0 bridgehead atoms. The molecule has 2 unspecified atom stereocenters. The first-order chi connectivity index (χ1) is 8.00. The smallest absolute Gasteiger partial charge is 0.137 e. The molecule has 0 amide bonds. The molecular formula is C14H18N2O. The van der Waals surface area contributed by atoms with E-state index in [1.807, 2.05) is 0 Å². The van der Waals surface area contributed by atoms with Gasteiger partial charge in [0.1, 0.15) is 6.04 Å². The van der Waals surface area contributed by atoms with Gasteiger partial charge in [-0.2, -0.15) is 10.3 Å². The fraction of sp³-hybridized carbons (Fsp3) is 0.500. The monoisotopic (exact) mass is 230 g/mol. The highest BCUT2D eigenvalue weighted by Gasteiger charge is 2.35. The molecule has 17 heavy (non-hydrogen) atoms. The second-order valence-corrected chi connectivity index (χ2v) is 5.46. The zero-order chi connectivity index (χ0) is 12.5. The Labute approximate surface area is 103 Å². The quantitative estimate of drug-likeness (QED) is 0.749. The summed E-state index contributed by atoms with van der Waals surface area (Å²) in [7, 11) is 0. The predicted molar refractivity (Wildman–Crippen MR) is 66.0 cm³/mol. The van der Waals surface area contributed by atoms with Crippen molar-refractivity contribution in [3.63, 3.8) is 0 Å². The van der Waals surface area contributed by atoms with E-state index in [4.69, 9.17) is 10.1 Å². The van der Waals surface area contributed by atoms with Crippen LogP contribution < -0.4 is 0 Å². The summed E-state index contributed by atoms with van der Waals surface area (Å²) in [4.78, 5) is 5.48. The Kier molecular flexibility index (Phi) is 3.19. The first kappa shape index (κ1) is 12.1. The van der Waals surface area contributed by atoms with Gasteiger partial charge in [0, 0.05) is 0 Å². The van der Waals surface area contributed by atoms with E-state index in [9.17, 15) is 0 Å². The van der Waals surface area contributed by atoms with Gasteiger partial charge in [0.25, 0.3) is 0 Å². The van der Waals surface area contributed by atoms with Crippen LogP contribution in [-0.4, -0.2) is 17.6 Å². The van der Waals surface area contributed by atoms with E-state index < -0.39 is 0 Å². The third kappa shape index (κ3) is 3.06. The molecule has 0 aromatic heterocycles. The highest BCUT2D eigenvalue weighted by Crippen LogP contribution is 2.23. The van der Waals surface area contributed by atoms with Crippen LogP contribution >= 0.6 is 0 Å². The van der Waals surface area contributed by atoms with Gasteiger partial charge in [-0.1, -0.05) is 45.0 Å². The molecule has 0 saturated carbocycles. The fourth-order valence-corrected chi connectivity index (χ4v) is 1.63. The van der Waals surface area contributed by atoms with Crippen LogP contribution in [0.3, 0.4) is 0 Å². The van der Waals surface area contributed by atoms with E-state index >= 15 is 0 Å². The molecule has 0 aliphatic carbocycles. The van der Waals surface area contributed by atoms with Gasteiger partial charge in [0.05, 0.1) is 19.2 Å². The van der Waals surface area contributed by atoms with Crippen molar-refractivity contribution >= 4 is 0 Å². The zero-order valence-electron chi connectivity index (χ0n) is 10.6. The molecule has 90 valence electrons. The second-order valence-electron chi connectivity index (χ2n) is 5.46. The number of hydroxylamine groups is 2. The summed E-state index contributed by atoms with van der Waals surface area (Å²) in [5.74, 6) is 0. The minimum Gasteiger partial charge on any atom is -0.293 e. The summed E-state index contributed by atoms with van der Waals surface area (Å²) < 4.78 is 0. The van der Waals surface area contributed by atoms with Gasteiger partial charge in [-0.3, -0.25) is 4.84 Å². The normalized spacial score (nSPS) is 23.2. The largest absolute Gasteiger partial charge is 0.293 e. The van der Waals surface area contributed by atoms with E-state index in [1.165, 1.54) is 5.56 Å². The van der Waals surface area contributed by atoms with Crippen LogP contribution in [0.2, 0.25) is 0 Å². The average molecular weight is 230 g/mol. The highest BCUT2D eigenvalue weighted by atomic mass is 16.7. The number of nitrogens with zero attached hydrogens (tertiary/aromatic N) is 2. The first-order valence-corrected chi connectivity index (χ1v) is 5.89. The summed E-state index contributed by atoms with van der Waals surface area (Å²) in [6, 6.07) is 10.6. The fourth-order valence-electron chi connectivity index (χ4n) is 1.63. The summed E-state index contributed by atoms with van der Waals surface area (Å²) in [5, 5.41) is 10.3. The van der Waals surface area contributed by atoms with Gasteiger partial charge in [-0.15, -0.1) is 0 Å². The molecular weight excluding hydrogens is 212 g/mol. The third-order valence-electron chi connectivity index (χ3n) is 2.93. The first-order valence-electron chi connectivity index (χ1n) is 5.89. The van der Waals surface area contributed by atoms with E-state index in [-0.39, 0.29) is 11.5 Å². The van der Waals surface area contributed by atoms with E-state index in [2.05, 4.69) is 51.1 Å².